The highest BCUT2D eigenvalue weighted by atomic mass is 16.7. The summed E-state index contributed by atoms with van der Waals surface area (Å²) in [5.41, 5.74) is 0. The van der Waals surface area contributed by atoms with Crippen LogP contribution < -0.4 is 0 Å². The third-order valence-corrected chi connectivity index (χ3v) is 4.69. The predicted octanol–water partition coefficient (Wildman–Crippen LogP) is 2.55. The van der Waals surface area contributed by atoms with Gasteiger partial charge in [-0.25, -0.2) is 0 Å². The Morgan fingerprint density at radius 1 is 0.824 bits per heavy atom. The van der Waals surface area contributed by atoms with Crippen LogP contribution in [-0.4, -0.2) is 43.0 Å². The molecule has 1 saturated carbocycles. The second kappa shape index (κ2) is 5.25. The van der Waals surface area contributed by atoms with Crippen LogP contribution in [0.4, 0.5) is 0 Å². The van der Waals surface area contributed by atoms with Crippen LogP contribution in [0.15, 0.2) is 0 Å². The van der Waals surface area contributed by atoms with Crippen molar-refractivity contribution in [3.05, 3.63) is 0 Å². The molecular formula is C14H25NO2. The number of hydrogen-bond acceptors (Lipinski definition) is 3. The summed E-state index contributed by atoms with van der Waals surface area (Å²) in [4.78, 5) is 2.71. The molecule has 3 heteroatoms. The maximum absolute atomic E-state index is 5.85. The molecular weight excluding hydrogens is 214 g/mol. The van der Waals surface area contributed by atoms with Gasteiger partial charge in [0, 0.05) is 25.4 Å². The summed E-state index contributed by atoms with van der Waals surface area (Å²) in [5.74, 6) is -0.205. The van der Waals surface area contributed by atoms with Crippen LogP contribution in [0.25, 0.3) is 0 Å². The second-order valence-electron chi connectivity index (χ2n) is 5.79. The zero-order valence-electron chi connectivity index (χ0n) is 10.8. The van der Waals surface area contributed by atoms with E-state index in [9.17, 15) is 0 Å². The Labute approximate surface area is 104 Å². The largest absolute Gasteiger partial charge is 0.347 e. The molecule has 0 amide bonds. The molecule has 0 aromatic carbocycles. The van der Waals surface area contributed by atoms with Crippen LogP contribution >= 0.6 is 0 Å². The van der Waals surface area contributed by atoms with Crippen molar-refractivity contribution in [3.8, 4) is 0 Å². The maximum atomic E-state index is 5.85. The van der Waals surface area contributed by atoms with Gasteiger partial charge in [-0.2, -0.15) is 0 Å². The minimum absolute atomic E-state index is 0.205. The molecule has 1 spiro atoms. The Kier molecular flexibility index (Phi) is 3.69. The Bertz CT molecular complexity index is 245. The normalized spacial score (nSPS) is 31.8. The molecule has 2 aliphatic heterocycles. The van der Waals surface area contributed by atoms with Gasteiger partial charge in [0.1, 0.15) is 0 Å². The van der Waals surface area contributed by atoms with Crippen molar-refractivity contribution < 1.29 is 9.47 Å². The fraction of sp³-hybridized carbons (Fsp3) is 1.00. The van der Waals surface area contributed by atoms with Crippen LogP contribution in [0.2, 0.25) is 0 Å². The van der Waals surface area contributed by atoms with E-state index >= 15 is 0 Å². The fourth-order valence-electron chi connectivity index (χ4n) is 3.70. The van der Waals surface area contributed by atoms with E-state index < -0.39 is 0 Å². The van der Waals surface area contributed by atoms with Gasteiger partial charge in [0.15, 0.2) is 5.79 Å². The van der Waals surface area contributed by atoms with Crippen molar-refractivity contribution in [1.82, 2.24) is 4.90 Å². The van der Waals surface area contributed by atoms with Crippen LogP contribution in [0, 0.1) is 0 Å². The quantitative estimate of drug-likeness (QED) is 0.702. The van der Waals surface area contributed by atoms with Gasteiger partial charge in [0.05, 0.1) is 13.2 Å². The minimum Gasteiger partial charge on any atom is -0.347 e. The highest BCUT2D eigenvalue weighted by Crippen LogP contribution is 2.33. The van der Waals surface area contributed by atoms with E-state index in [4.69, 9.17) is 9.47 Å². The highest BCUT2D eigenvalue weighted by Gasteiger charge is 2.38. The van der Waals surface area contributed by atoms with Gasteiger partial charge in [-0.1, -0.05) is 19.3 Å². The molecule has 1 aliphatic carbocycles. The first-order valence-electron chi connectivity index (χ1n) is 7.40. The molecule has 2 heterocycles. The topological polar surface area (TPSA) is 21.7 Å². The van der Waals surface area contributed by atoms with Gasteiger partial charge in [0.25, 0.3) is 0 Å². The molecule has 0 N–H and O–H groups in total. The molecule has 3 aliphatic rings. The zero-order valence-corrected chi connectivity index (χ0v) is 10.8. The summed E-state index contributed by atoms with van der Waals surface area (Å²) < 4.78 is 11.7. The summed E-state index contributed by atoms with van der Waals surface area (Å²) in [6.45, 7) is 4.01. The van der Waals surface area contributed by atoms with Crippen molar-refractivity contribution in [2.45, 2.75) is 63.2 Å². The number of ether oxygens (including phenoxy) is 2. The molecule has 17 heavy (non-hydrogen) atoms. The van der Waals surface area contributed by atoms with Gasteiger partial charge in [-0.05, 0) is 25.8 Å². The molecule has 2 saturated heterocycles. The minimum atomic E-state index is -0.205. The Hall–Kier alpha value is -0.120. The Morgan fingerprint density at radius 2 is 1.59 bits per heavy atom. The van der Waals surface area contributed by atoms with Crippen LogP contribution in [0.5, 0.6) is 0 Å². The molecule has 0 unspecified atom stereocenters. The first-order valence-corrected chi connectivity index (χ1v) is 7.40. The molecule has 0 radical (unpaired) electrons. The lowest BCUT2D eigenvalue weighted by atomic mass is 9.94. The number of likely N-dealkylation sites (tertiary alicyclic amines) is 1. The van der Waals surface area contributed by atoms with Gasteiger partial charge >= 0.3 is 0 Å². The lowest BCUT2D eigenvalue weighted by molar-refractivity contribution is -0.164. The SMILES string of the molecule is C1CCC(N2CCCC3(CC2)OCCO3)CC1. The van der Waals surface area contributed by atoms with Crippen LogP contribution in [0.3, 0.4) is 0 Å². The van der Waals surface area contributed by atoms with Crippen LogP contribution in [0.1, 0.15) is 51.4 Å². The number of rotatable bonds is 1. The average molecular weight is 239 g/mol. The van der Waals surface area contributed by atoms with Gasteiger partial charge < -0.3 is 14.4 Å². The van der Waals surface area contributed by atoms with Crippen molar-refractivity contribution >= 4 is 0 Å². The third kappa shape index (κ3) is 2.67. The van der Waals surface area contributed by atoms with E-state index in [0.29, 0.717) is 0 Å². The maximum Gasteiger partial charge on any atom is 0.169 e. The summed E-state index contributed by atoms with van der Waals surface area (Å²) in [7, 11) is 0. The summed E-state index contributed by atoms with van der Waals surface area (Å²) >= 11 is 0. The van der Waals surface area contributed by atoms with Crippen molar-refractivity contribution in [2.24, 2.45) is 0 Å². The standard InChI is InChI=1S/C14H25NO2/c1-2-5-13(6-3-1)15-9-4-7-14(8-10-15)16-11-12-17-14/h13H,1-12H2. The van der Waals surface area contributed by atoms with E-state index in [1.807, 2.05) is 0 Å². The predicted molar refractivity (Wildman–Crippen MR) is 66.9 cm³/mol. The Balaban J connectivity index is 1.57. The van der Waals surface area contributed by atoms with Crippen molar-refractivity contribution in [1.29, 1.82) is 0 Å². The zero-order chi connectivity index (χ0) is 11.6. The second-order valence-corrected chi connectivity index (χ2v) is 5.79. The van der Waals surface area contributed by atoms with Gasteiger partial charge in [-0.3, -0.25) is 0 Å². The van der Waals surface area contributed by atoms with Crippen LogP contribution in [-0.2, 0) is 9.47 Å². The van der Waals surface area contributed by atoms with Gasteiger partial charge in [-0.15, -0.1) is 0 Å². The molecule has 98 valence electrons. The third-order valence-electron chi connectivity index (χ3n) is 4.69. The highest BCUT2D eigenvalue weighted by molar-refractivity contribution is 4.84. The molecule has 3 rings (SSSR count). The molecule has 0 aromatic rings. The molecule has 3 nitrogen and oxygen atoms in total. The summed E-state index contributed by atoms with van der Waals surface area (Å²) in [6, 6.07) is 0.848. The lowest BCUT2D eigenvalue weighted by Gasteiger charge is -2.33. The lowest BCUT2D eigenvalue weighted by Crippen LogP contribution is -2.38. The monoisotopic (exact) mass is 239 g/mol. The van der Waals surface area contributed by atoms with E-state index in [0.717, 1.165) is 32.1 Å². The van der Waals surface area contributed by atoms with E-state index in [2.05, 4.69) is 4.90 Å². The molecule has 0 atom stereocenters. The van der Waals surface area contributed by atoms with Crippen molar-refractivity contribution in [2.75, 3.05) is 26.3 Å². The van der Waals surface area contributed by atoms with E-state index in [1.165, 1.54) is 51.6 Å². The van der Waals surface area contributed by atoms with Crippen molar-refractivity contribution in [3.63, 3.8) is 0 Å². The average Bonchev–Trinajstić information content (AvgIpc) is 2.72. The molecule has 0 bridgehead atoms. The molecule has 0 aromatic heterocycles. The van der Waals surface area contributed by atoms with Gasteiger partial charge in [0.2, 0.25) is 0 Å². The number of nitrogens with zero attached hydrogens (tertiary/aromatic N) is 1. The first-order chi connectivity index (χ1) is 8.38. The molecule has 3 fully saturated rings. The Morgan fingerprint density at radius 3 is 2.35 bits per heavy atom. The first kappa shape index (κ1) is 11.9. The smallest absolute Gasteiger partial charge is 0.169 e. The fourth-order valence-corrected chi connectivity index (χ4v) is 3.70. The summed E-state index contributed by atoms with van der Waals surface area (Å²) in [6.07, 6.45) is 10.5. The van der Waals surface area contributed by atoms with E-state index in [1.54, 1.807) is 0 Å². The van der Waals surface area contributed by atoms with E-state index in [-0.39, 0.29) is 5.79 Å². The number of hydrogen-bond donors (Lipinski definition) is 0. The summed E-state index contributed by atoms with van der Waals surface area (Å²) in [5, 5.41) is 0.